The van der Waals surface area contributed by atoms with E-state index in [0.29, 0.717) is 16.1 Å². The number of hydrazone groups is 1. The minimum atomic E-state index is -0.558. The van der Waals surface area contributed by atoms with Gasteiger partial charge in [-0.2, -0.15) is 5.10 Å². The molecule has 0 fully saturated rings. The number of esters is 1. The number of nitrogens with one attached hydrogen (secondary N) is 2. The van der Waals surface area contributed by atoms with E-state index in [1.807, 2.05) is 0 Å². The molecule has 168 valence electrons. The molecule has 0 radical (unpaired) electrons. The van der Waals surface area contributed by atoms with Crippen molar-refractivity contribution in [3.05, 3.63) is 97.9 Å². The largest absolute Gasteiger partial charge is 0.422 e. The van der Waals surface area contributed by atoms with Gasteiger partial charge in [0.1, 0.15) is 5.75 Å². The van der Waals surface area contributed by atoms with Crippen LogP contribution in [0.4, 0.5) is 0 Å². The Kier molecular flexibility index (Phi) is 8.59. The minimum absolute atomic E-state index is 0.233. The van der Waals surface area contributed by atoms with Crippen molar-refractivity contribution < 1.29 is 19.1 Å². The van der Waals surface area contributed by atoms with Crippen LogP contribution in [0.15, 0.2) is 76.3 Å². The highest BCUT2D eigenvalue weighted by molar-refractivity contribution is 9.10. The number of hydrogen-bond acceptors (Lipinski definition) is 5. The number of carbonyl (C=O) groups excluding carboxylic acids is 3. The van der Waals surface area contributed by atoms with E-state index in [4.69, 9.17) is 27.9 Å². The van der Waals surface area contributed by atoms with Gasteiger partial charge in [-0.15, -0.1) is 0 Å². The summed E-state index contributed by atoms with van der Waals surface area (Å²) >= 11 is 15.1. The number of benzene rings is 3. The lowest BCUT2D eigenvalue weighted by molar-refractivity contribution is -0.120. The third-order valence-corrected chi connectivity index (χ3v) is 5.40. The van der Waals surface area contributed by atoms with Crippen LogP contribution in [0, 0.1) is 0 Å². The Bertz CT molecular complexity index is 1220. The van der Waals surface area contributed by atoms with Gasteiger partial charge in [-0.05, 0) is 48.5 Å². The van der Waals surface area contributed by atoms with E-state index in [9.17, 15) is 14.4 Å². The van der Waals surface area contributed by atoms with E-state index >= 15 is 0 Å². The monoisotopic (exact) mass is 547 g/mol. The lowest BCUT2D eigenvalue weighted by Gasteiger charge is -2.08. The van der Waals surface area contributed by atoms with Crippen LogP contribution in [0.2, 0.25) is 10.0 Å². The first-order valence-corrected chi connectivity index (χ1v) is 11.0. The predicted molar refractivity (Wildman–Crippen MR) is 130 cm³/mol. The maximum absolute atomic E-state index is 12.3. The van der Waals surface area contributed by atoms with E-state index in [2.05, 4.69) is 31.8 Å². The van der Waals surface area contributed by atoms with Crippen LogP contribution in [-0.4, -0.2) is 30.5 Å². The van der Waals surface area contributed by atoms with Gasteiger partial charge in [0.15, 0.2) is 0 Å². The molecule has 0 atom stereocenters. The molecule has 0 aromatic heterocycles. The Morgan fingerprint density at radius 2 is 1.70 bits per heavy atom. The summed E-state index contributed by atoms with van der Waals surface area (Å²) in [4.78, 5) is 36.5. The molecular weight excluding hydrogens is 533 g/mol. The van der Waals surface area contributed by atoms with Gasteiger partial charge in [-0.3, -0.25) is 9.59 Å². The molecule has 0 unspecified atom stereocenters. The third-order valence-electron chi connectivity index (χ3n) is 4.17. The first-order valence-electron chi connectivity index (χ1n) is 9.45. The molecule has 0 heterocycles. The molecule has 0 aliphatic carbocycles. The summed E-state index contributed by atoms with van der Waals surface area (Å²) in [5.74, 6) is -1.31. The van der Waals surface area contributed by atoms with Gasteiger partial charge < -0.3 is 10.1 Å². The summed E-state index contributed by atoms with van der Waals surface area (Å²) in [5.41, 5.74) is 3.42. The van der Waals surface area contributed by atoms with Crippen molar-refractivity contribution in [3.63, 3.8) is 0 Å². The van der Waals surface area contributed by atoms with Crippen LogP contribution in [0.5, 0.6) is 5.75 Å². The highest BCUT2D eigenvalue weighted by atomic mass is 79.9. The van der Waals surface area contributed by atoms with Crippen molar-refractivity contribution in [1.82, 2.24) is 10.7 Å². The fourth-order valence-electron chi connectivity index (χ4n) is 2.56. The molecule has 0 saturated heterocycles. The first kappa shape index (κ1) is 24.4. The molecule has 10 heteroatoms. The minimum Gasteiger partial charge on any atom is -0.422 e. The lowest BCUT2D eigenvalue weighted by Crippen LogP contribution is -2.34. The first-order chi connectivity index (χ1) is 15.8. The average Bonchev–Trinajstić information content (AvgIpc) is 2.81. The Balaban J connectivity index is 1.58. The summed E-state index contributed by atoms with van der Waals surface area (Å²) in [6, 6.07) is 17.9. The smallest absolute Gasteiger partial charge is 0.343 e. The van der Waals surface area contributed by atoms with Gasteiger partial charge in [-0.25, -0.2) is 10.2 Å². The highest BCUT2D eigenvalue weighted by Crippen LogP contribution is 2.23. The number of nitrogens with zero attached hydrogens (tertiary/aromatic N) is 1. The molecule has 2 amide bonds. The Morgan fingerprint density at radius 3 is 2.42 bits per heavy atom. The molecule has 0 bridgehead atoms. The number of carbonyl (C=O) groups is 3. The van der Waals surface area contributed by atoms with Crippen LogP contribution in [0.3, 0.4) is 0 Å². The fraction of sp³-hybridized carbons (Fsp3) is 0.0435. The molecule has 3 aromatic carbocycles. The van der Waals surface area contributed by atoms with Crippen molar-refractivity contribution in [2.45, 2.75) is 0 Å². The van der Waals surface area contributed by atoms with Gasteiger partial charge in [0.25, 0.3) is 11.8 Å². The van der Waals surface area contributed by atoms with Crippen molar-refractivity contribution in [2.24, 2.45) is 5.10 Å². The summed E-state index contributed by atoms with van der Waals surface area (Å²) in [5, 5.41) is 6.88. The SMILES string of the molecule is O=C(CNC(=O)c1ccc(Cl)c(Cl)c1)N/N=C/c1cc(Br)ccc1OC(=O)c1ccccc1. The second kappa shape index (κ2) is 11.6. The molecule has 0 saturated carbocycles. The third kappa shape index (κ3) is 7.15. The van der Waals surface area contributed by atoms with Crippen molar-refractivity contribution in [2.75, 3.05) is 6.54 Å². The summed E-state index contributed by atoms with van der Waals surface area (Å²) in [6.07, 6.45) is 1.33. The van der Waals surface area contributed by atoms with Crippen LogP contribution in [0.25, 0.3) is 0 Å². The maximum Gasteiger partial charge on any atom is 0.343 e. The normalized spacial score (nSPS) is 10.6. The summed E-state index contributed by atoms with van der Waals surface area (Å²) < 4.78 is 6.17. The fourth-order valence-corrected chi connectivity index (χ4v) is 3.24. The van der Waals surface area contributed by atoms with Crippen LogP contribution >= 0.6 is 39.1 Å². The zero-order valence-electron chi connectivity index (χ0n) is 16.8. The van der Waals surface area contributed by atoms with Gasteiger partial charge in [0.2, 0.25) is 0 Å². The maximum atomic E-state index is 12.3. The molecular formula is C23H16BrCl2N3O4. The number of ether oxygens (including phenoxy) is 1. The van der Waals surface area contributed by atoms with Gasteiger partial charge in [-0.1, -0.05) is 57.3 Å². The van der Waals surface area contributed by atoms with Crippen LogP contribution in [0.1, 0.15) is 26.3 Å². The Hall–Kier alpha value is -3.20. The van der Waals surface area contributed by atoms with Gasteiger partial charge in [0.05, 0.1) is 28.4 Å². The van der Waals surface area contributed by atoms with Crippen molar-refractivity contribution in [3.8, 4) is 5.75 Å². The number of amides is 2. The summed E-state index contributed by atoms with van der Waals surface area (Å²) in [7, 11) is 0. The highest BCUT2D eigenvalue weighted by Gasteiger charge is 2.12. The van der Waals surface area contributed by atoms with E-state index in [0.717, 1.165) is 4.47 Å². The standard InChI is InChI=1S/C23H16BrCl2N3O4/c24-17-7-9-20(33-23(32)14-4-2-1-3-5-14)16(10-17)12-28-29-21(30)13-27-22(31)15-6-8-18(25)19(26)11-15/h1-12H,13H2,(H,27,31)(H,29,30)/b28-12+. The topological polar surface area (TPSA) is 96.9 Å². The van der Waals surface area contributed by atoms with E-state index in [1.165, 1.54) is 24.4 Å². The predicted octanol–water partition coefficient (Wildman–Crippen LogP) is 4.86. The Morgan fingerprint density at radius 1 is 0.939 bits per heavy atom. The van der Waals surface area contributed by atoms with Gasteiger partial charge >= 0.3 is 5.97 Å². The molecule has 7 nitrogen and oxygen atoms in total. The van der Waals surface area contributed by atoms with Gasteiger partial charge in [0, 0.05) is 15.6 Å². The quantitative estimate of drug-likeness (QED) is 0.191. The molecule has 2 N–H and O–H groups in total. The molecule has 33 heavy (non-hydrogen) atoms. The Labute approximate surface area is 207 Å². The number of halogens is 3. The second-order valence-electron chi connectivity index (χ2n) is 6.54. The molecule has 3 aromatic rings. The number of hydrogen-bond donors (Lipinski definition) is 2. The lowest BCUT2D eigenvalue weighted by atomic mass is 10.2. The average molecular weight is 549 g/mol. The second-order valence-corrected chi connectivity index (χ2v) is 8.27. The molecule has 3 rings (SSSR count). The van der Waals surface area contributed by atoms with E-state index in [-0.39, 0.29) is 22.9 Å². The molecule has 0 spiro atoms. The molecule has 0 aliphatic heterocycles. The summed E-state index contributed by atoms with van der Waals surface area (Å²) in [6.45, 7) is -0.315. The zero-order chi connectivity index (χ0) is 23.8. The van der Waals surface area contributed by atoms with Crippen LogP contribution in [-0.2, 0) is 4.79 Å². The van der Waals surface area contributed by atoms with E-state index < -0.39 is 17.8 Å². The van der Waals surface area contributed by atoms with Crippen LogP contribution < -0.4 is 15.5 Å². The van der Waals surface area contributed by atoms with E-state index in [1.54, 1.807) is 48.5 Å². The zero-order valence-corrected chi connectivity index (χ0v) is 19.9. The molecule has 0 aliphatic rings. The van der Waals surface area contributed by atoms with Crippen molar-refractivity contribution >= 4 is 63.1 Å². The number of rotatable bonds is 7. The van der Waals surface area contributed by atoms with Crippen molar-refractivity contribution in [1.29, 1.82) is 0 Å².